The molecule has 0 spiro atoms. The van der Waals surface area contributed by atoms with Crippen LogP contribution in [-0.4, -0.2) is 11.1 Å². The summed E-state index contributed by atoms with van der Waals surface area (Å²) in [5, 5.41) is 9.70. The number of para-hydroxylation sites is 2. The lowest BCUT2D eigenvalue weighted by Gasteiger charge is -2.18. The maximum absolute atomic E-state index is 9.70. The van der Waals surface area contributed by atoms with Gasteiger partial charge in [-0.25, -0.2) is 0 Å². The SMILES string of the molecule is C=CCC1(O)Oc2ccccc2O1. The molecule has 0 aliphatic carbocycles. The standard InChI is InChI=1S/C10H10O3/c1-2-7-10(11)12-8-5-3-4-6-9(8)13-10/h2-6,11H,1,7H2. The van der Waals surface area contributed by atoms with Crippen LogP contribution in [0.25, 0.3) is 0 Å². The Balaban J connectivity index is 2.26. The van der Waals surface area contributed by atoms with E-state index in [1.54, 1.807) is 18.2 Å². The Kier molecular flexibility index (Phi) is 1.74. The Morgan fingerprint density at radius 3 is 2.31 bits per heavy atom. The maximum atomic E-state index is 9.70. The fraction of sp³-hybridized carbons (Fsp3) is 0.200. The molecule has 1 aromatic carbocycles. The Morgan fingerprint density at radius 2 is 1.85 bits per heavy atom. The first-order chi connectivity index (χ1) is 6.23. The van der Waals surface area contributed by atoms with Crippen molar-refractivity contribution in [3.8, 4) is 11.5 Å². The summed E-state index contributed by atoms with van der Waals surface area (Å²) in [6.45, 7) is 3.51. The average molecular weight is 178 g/mol. The molecule has 0 saturated heterocycles. The fourth-order valence-electron chi connectivity index (χ4n) is 1.25. The van der Waals surface area contributed by atoms with Crippen LogP contribution in [0.2, 0.25) is 0 Å². The van der Waals surface area contributed by atoms with Crippen molar-refractivity contribution in [2.45, 2.75) is 12.4 Å². The molecule has 0 aromatic heterocycles. The second-order valence-corrected chi connectivity index (χ2v) is 2.86. The van der Waals surface area contributed by atoms with Crippen LogP contribution in [0, 0.1) is 0 Å². The van der Waals surface area contributed by atoms with Crippen LogP contribution < -0.4 is 9.47 Å². The third-order valence-corrected chi connectivity index (χ3v) is 1.79. The van der Waals surface area contributed by atoms with Gasteiger partial charge in [0, 0.05) is 0 Å². The molecule has 1 aliphatic heterocycles. The van der Waals surface area contributed by atoms with Gasteiger partial charge in [-0.3, -0.25) is 0 Å². The van der Waals surface area contributed by atoms with Gasteiger partial charge in [0.2, 0.25) is 0 Å². The van der Waals surface area contributed by atoms with E-state index in [4.69, 9.17) is 9.47 Å². The van der Waals surface area contributed by atoms with Crippen molar-refractivity contribution in [3.05, 3.63) is 36.9 Å². The molecule has 0 atom stereocenters. The lowest BCUT2D eigenvalue weighted by Crippen LogP contribution is -2.37. The van der Waals surface area contributed by atoms with Crippen molar-refractivity contribution >= 4 is 0 Å². The van der Waals surface area contributed by atoms with Crippen LogP contribution in [0.3, 0.4) is 0 Å². The summed E-state index contributed by atoms with van der Waals surface area (Å²) in [7, 11) is 0. The number of aliphatic hydroxyl groups is 1. The molecule has 0 amide bonds. The predicted molar refractivity (Wildman–Crippen MR) is 47.5 cm³/mol. The largest absolute Gasteiger partial charge is 0.426 e. The summed E-state index contributed by atoms with van der Waals surface area (Å²) in [4.78, 5) is 0. The predicted octanol–water partition coefficient (Wildman–Crippen LogP) is 1.68. The number of fused-ring (bicyclic) bond motifs is 1. The molecule has 1 aromatic rings. The normalized spacial score (nSPS) is 17.0. The Hall–Kier alpha value is -1.48. The molecule has 2 rings (SSSR count). The number of rotatable bonds is 2. The van der Waals surface area contributed by atoms with E-state index >= 15 is 0 Å². The molecule has 0 fully saturated rings. The Bertz CT molecular complexity index is 308. The molecule has 0 bridgehead atoms. The first kappa shape index (κ1) is 8.13. The van der Waals surface area contributed by atoms with Crippen molar-refractivity contribution in [1.29, 1.82) is 0 Å². The molecule has 3 nitrogen and oxygen atoms in total. The number of hydrogen-bond donors (Lipinski definition) is 1. The van der Waals surface area contributed by atoms with Crippen LogP contribution in [-0.2, 0) is 0 Å². The van der Waals surface area contributed by atoms with E-state index in [2.05, 4.69) is 6.58 Å². The summed E-state index contributed by atoms with van der Waals surface area (Å²) in [5.74, 6) is -0.440. The molecule has 1 heterocycles. The summed E-state index contributed by atoms with van der Waals surface area (Å²) in [6.07, 6.45) is 1.79. The van der Waals surface area contributed by atoms with Gasteiger partial charge in [-0.05, 0) is 12.1 Å². The minimum absolute atomic E-state index is 0.238. The van der Waals surface area contributed by atoms with Crippen molar-refractivity contribution in [3.63, 3.8) is 0 Å². The van der Waals surface area contributed by atoms with Gasteiger partial charge in [-0.1, -0.05) is 18.2 Å². The molecule has 68 valence electrons. The van der Waals surface area contributed by atoms with Crippen LogP contribution >= 0.6 is 0 Å². The Morgan fingerprint density at radius 1 is 1.31 bits per heavy atom. The molecule has 0 saturated carbocycles. The minimum atomic E-state index is -1.56. The van der Waals surface area contributed by atoms with Gasteiger partial charge < -0.3 is 14.6 Å². The highest BCUT2D eigenvalue weighted by Gasteiger charge is 2.38. The van der Waals surface area contributed by atoms with Gasteiger partial charge in [-0.15, -0.1) is 6.58 Å². The number of benzene rings is 1. The second-order valence-electron chi connectivity index (χ2n) is 2.86. The Labute approximate surface area is 76.2 Å². The lowest BCUT2D eigenvalue weighted by molar-refractivity contribution is -0.246. The van der Waals surface area contributed by atoms with Crippen molar-refractivity contribution in [2.24, 2.45) is 0 Å². The van der Waals surface area contributed by atoms with Crippen LogP contribution in [0.1, 0.15) is 6.42 Å². The van der Waals surface area contributed by atoms with Gasteiger partial charge in [0.15, 0.2) is 11.5 Å². The van der Waals surface area contributed by atoms with E-state index in [1.807, 2.05) is 12.1 Å². The van der Waals surface area contributed by atoms with E-state index in [1.165, 1.54) is 0 Å². The highest BCUT2D eigenvalue weighted by Crippen LogP contribution is 2.38. The van der Waals surface area contributed by atoms with Crippen molar-refractivity contribution in [2.75, 3.05) is 0 Å². The molecular weight excluding hydrogens is 168 g/mol. The summed E-state index contributed by atoms with van der Waals surface area (Å²) < 4.78 is 10.4. The molecule has 1 N–H and O–H groups in total. The fourth-order valence-corrected chi connectivity index (χ4v) is 1.25. The molecular formula is C10H10O3. The lowest BCUT2D eigenvalue weighted by atomic mass is 10.3. The number of hydrogen-bond acceptors (Lipinski definition) is 3. The van der Waals surface area contributed by atoms with E-state index < -0.39 is 5.97 Å². The zero-order valence-electron chi connectivity index (χ0n) is 7.06. The third-order valence-electron chi connectivity index (χ3n) is 1.79. The van der Waals surface area contributed by atoms with Crippen LogP contribution in [0.4, 0.5) is 0 Å². The van der Waals surface area contributed by atoms with Gasteiger partial charge in [-0.2, -0.15) is 0 Å². The van der Waals surface area contributed by atoms with Gasteiger partial charge in [0.05, 0.1) is 6.42 Å². The van der Waals surface area contributed by atoms with E-state index in [-0.39, 0.29) is 6.42 Å². The minimum Gasteiger partial charge on any atom is -0.426 e. The maximum Gasteiger partial charge on any atom is 0.373 e. The zero-order chi connectivity index (χ0) is 9.31. The van der Waals surface area contributed by atoms with Crippen LogP contribution in [0.15, 0.2) is 36.9 Å². The molecule has 13 heavy (non-hydrogen) atoms. The molecule has 1 aliphatic rings. The summed E-state index contributed by atoms with van der Waals surface area (Å²) >= 11 is 0. The van der Waals surface area contributed by atoms with Crippen LogP contribution in [0.5, 0.6) is 11.5 Å². The zero-order valence-corrected chi connectivity index (χ0v) is 7.06. The first-order valence-electron chi connectivity index (χ1n) is 4.04. The quantitative estimate of drug-likeness (QED) is 0.700. The van der Waals surface area contributed by atoms with Gasteiger partial charge >= 0.3 is 5.97 Å². The highest BCUT2D eigenvalue weighted by atomic mass is 16.8. The van der Waals surface area contributed by atoms with E-state index in [9.17, 15) is 5.11 Å². The highest BCUT2D eigenvalue weighted by molar-refractivity contribution is 5.42. The van der Waals surface area contributed by atoms with E-state index in [0.29, 0.717) is 11.5 Å². The summed E-state index contributed by atoms with van der Waals surface area (Å²) in [5.41, 5.74) is 0. The second kappa shape index (κ2) is 2.78. The first-order valence-corrected chi connectivity index (χ1v) is 4.04. The van der Waals surface area contributed by atoms with Crippen molar-refractivity contribution in [1.82, 2.24) is 0 Å². The van der Waals surface area contributed by atoms with E-state index in [0.717, 1.165) is 0 Å². The van der Waals surface area contributed by atoms with Gasteiger partial charge in [0.25, 0.3) is 0 Å². The number of ether oxygens (including phenoxy) is 2. The topological polar surface area (TPSA) is 38.7 Å². The third kappa shape index (κ3) is 1.38. The molecule has 0 radical (unpaired) electrons. The average Bonchev–Trinajstić information content (AvgIpc) is 2.40. The molecule has 0 unspecified atom stereocenters. The monoisotopic (exact) mass is 178 g/mol. The molecule has 3 heteroatoms. The van der Waals surface area contributed by atoms with Gasteiger partial charge in [0.1, 0.15) is 0 Å². The van der Waals surface area contributed by atoms with Crippen molar-refractivity contribution < 1.29 is 14.6 Å². The smallest absolute Gasteiger partial charge is 0.373 e. The summed E-state index contributed by atoms with van der Waals surface area (Å²) in [6, 6.07) is 7.14.